The van der Waals surface area contributed by atoms with E-state index in [0.717, 1.165) is 18.5 Å². The summed E-state index contributed by atoms with van der Waals surface area (Å²) in [7, 11) is 0. The Labute approximate surface area is 64.6 Å². The molecule has 4 nitrogen and oxygen atoms in total. The number of imidazole rings is 1. The van der Waals surface area contributed by atoms with Crippen LogP contribution in [0.1, 0.15) is 12.1 Å². The summed E-state index contributed by atoms with van der Waals surface area (Å²) in [4.78, 5) is 16.5. The molecule has 0 unspecified atom stereocenters. The third-order valence-electron chi connectivity index (χ3n) is 1.33. The van der Waals surface area contributed by atoms with E-state index >= 15 is 0 Å². The fourth-order valence-corrected chi connectivity index (χ4v) is 0.815. The van der Waals surface area contributed by atoms with Gasteiger partial charge in [-0.05, 0) is 12.8 Å². The summed E-state index contributed by atoms with van der Waals surface area (Å²) in [5.41, 5.74) is 1.07. The van der Waals surface area contributed by atoms with Crippen LogP contribution in [0.2, 0.25) is 0 Å². The molecular formula is C7H10N2O2. The van der Waals surface area contributed by atoms with Crippen molar-refractivity contribution in [3.63, 3.8) is 0 Å². The molecular weight excluding hydrogens is 144 g/mol. The first kappa shape index (κ1) is 7.78. The number of ether oxygens (including phenoxy) is 1. The summed E-state index contributed by atoms with van der Waals surface area (Å²) in [5.74, 6) is 0. The monoisotopic (exact) mass is 154 g/mol. The highest BCUT2D eigenvalue weighted by molar-refractivity contribution is 5.36. The maximum Gasteiger partial charge on any atom is 0.293 e. The van der Waals surface area contributed by atoms with E-state index in [9.17, 15) is 4.79 Å². The molecule has 1 aromatic heterocycles. The first-order valence-corrected chi connectivity index (χ1v) is 3.46. The fraction of sp³-hybridized carbons (Fsp3) is 0.429. The molecule has 0 bridgehead atoms. The van der Waals surface area contributed by atoms with Gasteiger partial charge in [0, 0.05) is 11.9 Å². The number of nitrogens with one attached hydrogen (secondary N) is 1. The molecule has 0 spiro atoms. The topological polar surface area (TPSA) is 55.0 Å². The number of rotatable bonds is 5. The lowest BCUT2D eigenvalue weighted by Gasteiger charge is -1.95. The van der Waals surface area contributed by atoms with Crippen LogP contribution in [-0.2, 0) is 16.0 Å². The average molecular weight is 154 g/mol. The van der Waals surface area contributed by atoms with Crippen LogP contribution in [0.15, 0.2) is 12.5 Å². The van der Waals surface area contributed by atoms with Gasteiger partial charge >= 0.3 is 0 Å². The number of hydrogen-bond donors (Lipinski definition) is 1. The van der Waals surface area contributed by atoms with Gasteiger partial charge < -0.3 is 9.72 Å². The third-order valence-corrected chi connectivity index (χ3v) is 1.33. The second-order valence-corrected chi connectivity index (χ2v) is 2.15. The summed E-state index contributed by atoms with van der Waals surface area (Å²) < 4.78 is 4.52. The maximum atomic E-state index is 9.72. The van der Waals surface area contributed by atoms with E-state index in [2.05, 4.69) is 14.7 Å². The molecule has 1 heterocycles. The van der Waals surface area contributed by atoms with Gasteiger partial charge in [-0.25, -0.2) is 4.98 Å². The standard InChI is InChI=1S/C7H10N2O2/c10-6-11-3-1-2-7-4-8-5-9-7/h4-6H,1-3H2,(H,8,9). The molecule has 1 rings (SSSR count). The van der Waals surface area contributed by atoms with Crippen molar-refractivity contribution in [1.29, 1.82) is 0 Å². The van der Waals surface area contributed by atoms with Crippen molar-refractivity contribution in [2.45, 2.75) is 12.8 Å². The van der Waals surface area contributed by atoms with E-state index in [1.165, 1.54) is 0 Å². The van der Waals surface area contributed by atoms with Gasteiger partial charge in [0.05, 0.1) is 12.9 Å². The lowest BCUT2D eigenvalue weighted by atomic mass is 10.3. The Morgan fingerprint density at radius 2 is 2.64 bits per heavy atom. The Balaban J connectivity index is 2.09. The summed E-state index contributed by atoms with van der Waals surface area (Å²) >= 11 is 0. The Hall–Kier alpha value is -1.32. The lowest BCUT2D eigenvalue weighted by molar-refractivity contribution is -0.128. The minimum atomic E-state index is 0.465. The van der Waals surface area contributed by atoms with E-state index in [-0.39, 0.29) is 0 Å². The number of aromatic amines is 1. The molecule has 0 amide bonds. The number of aromatic nitrogens is 2. The quantitative estimate of drug-likeness (QED) is 0.496. The van der Waals surface area contributed by atoms with Crippen LogP contribution < -0.4 is 0 Å². The molecule has 0 saturated heterocycles. The molecule has 11 heavy (non-hydrogen) atoms. The Kier molecular flexibility index (Phi) is 3.18. The van der Waals surface area contributed by atoms with Crippen molar-refractivity contribution in [3.8, 4) is 0 Å². The van der Waals surface area contributed by atoms with Gasteiger partial charge in [-0.2, -0.15) is 0 Å². The number of H-pyrrole nitrogens is 1. The summed E-state index contributed by atoms with van der Waals surface area (Å²) in [6.07, 6.45) is 5.10. The predicted octanol–water partition coefficient (Wildman–Crippen LogP) is 0.515. The molecule has 0 atom stereocenters. The molecule has 60 valence electrons. The molecule has 1 aromatic rings. The van der Waals surface area contributed by atoms with Crippen LogP contribution in [0.5, 0.6) is 0 Å². The first-order valence-electron chi connectivity index (χ1n) is 3.46. The highest BCUT2D eigenvalue weighted by Gasteiger charge is 1.92. The molecule has 0 radical (unpaired) electrons. The lowest BCUT2D eigenvalue weighted by Crippen LogP contribution is -1.94. The highest BCUT2D eigenvalue weighted by atomic mass is 16.5. The largest absolute Gasteiger partial charge is 0.468 e. The van der Waals surface area contributed by atoms with Crippen LogP contribution in [0.3, 0.4) is 0 Å². The zero-order valence-corrected chi connectivity index (χ0v) is 6.12. The van der Waals surface area contributed by atoms with E-state index < -0.39 is 0 Å². The van der Waals surface area contributed by atoms with Crippen LogP contribution in [0.4, 0.5) is 0 Å². The Morgan fingerprint density at radius 3 is 3.27 bits per heavy atom. The van der Waals surface area contributed by atoms with Crippen molar-refractivity contribution in [2.24, 2.45) is 0 Å². The van der Waals surface area contributed by atoms with Gasteiger partial charge in [0.25, 0.3) is 6.47 Å². The predicted molar refractivity (Wildman–Crippen MR) is 38.9 cm³/mol. The van der Waals surface area contributed by atoms with Crippen molar-refractivity contribution in [3.05, 3.63) is 18.2 Å². The van der Waals surface area contributed by atoms with E-state index in [1.807, 2.05) is 0 Å². The molecule has 1 N–H and O–H groups in total. The fourth-order valence-electron chi connectivity index (χ4n) is 0.815. The molecule has 0 saturated carbocycles. The Morgan fingerprint density at radius 1 is 1.73 bits per heavy atom. The summed E-state index contributed by atoms with van der Waals surface area (Å²) in [6.45, 7) is 0.940. The van der Waals surface area contributed by atoms with Crippen LogP contribution in [0, 0.1) is 0 Å². The van der Waals surface area contributed by atoms with Crippen LogP contribution in [0.25, 0.3) is 0 Å². The van der Waals surface area contributed by atoms with E-state index in [1.54, 1.807) is 12.5 Å². The number of nitrogens with zero attached hydrogens (tertiary/aromatic N) is 1. The number of carbonyl (C=O) groups is 1. The molecule has 0 aliphatic rings. The van der Waals surface area contributed by atoms with E-state index in [4.69, 9.17) is 0 Å². The van der Waals surface area contributed by atoms with Gasteiger partial charge in [-0.1, -0.05) is 0 Å². The normalized spacial score (nSPS) is 9.45. The number of aryl methyl sites for hydroxylation is 1. The second kappa shape index (κ2) is 4.49. The van der Waals surface area contributed by atoms with Gasteiger partial charge in [0.15, 0.2) is 0 Å². The van der Waals surface area contributed by atoms with Crippen molar-refractivity contribution in [1.82, 2.24) is 9.97 Å². The molecule has 0 aliphatic carbocycles. The summed E-state index contributed by atoms with van der Waals surface area (Å²) in [6, 6.07) is 0. The maximum absolute atomic E-state index is 9.72. The minimum Gasteiger partial charge on any atom is -0.468 e. The number of hydrogen-bond acceptors (Lipinski definition) is 3. The molecule has 0 fully saturated rings. The van der Waals surface area contributed by atoms with E-state index in [0.29, 0.717) is 13.1 Å². The van der Waals surface area contributed by atoms with Gasteiger partial charge in [-0.15, -0.1) is 0 Å². The smallest absolute Gasteiger partial charge is 0.293 e. The minimum absolute atomic E-state index is 0.465. The third kappa shape index (κ3) is 2.84. The van der Waals surface area contributed by atoms with Gasteiger partial charge in [0.1, 0.15) is 0 Å². The number of carbonyl (C=O) groups excluding carboxylic acids is 1. The Bertz CT molecular complexity index is 196. The molecule has 0 aliphatic heterocycles. The van der Waals surface area contributed by atoms with Crippen LogP contribution in [-0.4, -0.2) is 23.0 Å². The second-order valence-electron chi connectivity index (χ2n) is 2.15. The highest BCUT2D eigenvalue weighted by Crippen LogP contribution is 1.95. The molecule has 4 heteroatoms. The van der Waals surface area contributed by atoms with Crippen molar-refractivity contribution in [2.75, 3.05) is 6.61 Å². The summed E-state index contributed by atoms with van der Waals surface area (Å²) in [5, 5.41) is 0. The molecule has 0 aromatic carbocycles. The van der Waals surface area contributed by atoms with Crippen molar-refractivity contribution < 1.29 is 9.53 Å². The SMILES string of the molecule is O=COCCCc1cnc[nH]1. The first-order chi connectivity index (χ1) is 5.43. The zero-order chi connectivity index (χ0) is 7.94. The average Bonchev–Trinajstić information content (AvgIpc) is 2.50. The van der Waals surface area contributed by atoms with Gasteiger partial charge in [0.2, 0.25) is 0 Å². The van der Waals surface area contributed by atoms with Gasteiger partial charge in [-0.3, -0.25) is 4.79 Å². The zero-order valence-electron chi connectivity index (χ0n) is 6.12. The van der Waals surface area contributed by atoms with Crippen molar-refractivity contribution >= 4 is 6.47 Å². The van der Waals surface area contributed by atoms with Crippen LogP contribution >= 0.6 is 0 Å².